The van der Waals surface area contributed by atoms with Crippen molar-refractivity contribution < 1.29 is 0 Å². The van der Waals surface area contributed by atoms with E-state index in [-0.39, 0.29) is 0 Å². The van der Waals surface area contributed by atoms with Gasteiger partial charge in [-0.2, -0.15) is 5.26 Å². The highest BCUT2D eigenvalue weighted by Gasteiger charge is 2.02. The molecule has 1 aromatic rings. The summed E-state index contributed by atoms with van der Waals surface area (Å²) in [4.78, 5) is 6.26. The third kappa shape index (κ3) is 3.61. The average molecular weight is 213 g/mol. The number of hydrogen-bond acceptors (Lipinski definition) is 3. The van der Waals surface area contributed by atoms with E-state index in [9.17, 15) is 0 Å². The van der Waals surface area contributed by atoms with Gasteiger partial charge in [-0.1, -0.05) is 6.58 Å². The van der Waals surface area contributed by atoms with Crippen LogP contribution >= 0.6 is 0 Å². The summed E-state index contributed by atoms with van der Waals surface area (Å²) in [5, 5.41) is 8.77. The maximum atomic E-state index is 8.77. The summed E-state index contributed by atoms with van der Waals surface area (Å²) in [6, 6.07) is 5.61. The Morgan fingerprint density at radius 2 is 2.44 bits per heavy atom. The van der Waals surface area contributed by atoms with E-state index in [1.807, 2.05) is 18.0 Å². The van der Waals surface area contributed by atoms with Crippen LogP contribution in [-0.4, -0.2) is 18.6 Å². The average Bonchev–Trinajstić information content (AvgIpc) is 2.34. The smallest absolute Gasteiger partial charge is 0.129 e. The van der Waals surface area contributed by atoms with Crippen molar-refractivity contribution in [3.8, 4) is 6.07 Å². The van der Waals surface area contributed by atoms with E-state index in [1.54, 1.807) is 18.3 Å². The van der Waals surface area contributed by atoms with Crippen molar-refractivity contribution in [2.45, 2.75) is 12.8 Å². The highest BCUT2D eigenvalue weighted by Crippen LogP contribution is 2.11. The quantitative estimate of drug-likeness (QED) is 0.557. The lowest BCUT2D eigenvalue weighted by Crippen LogP contribution is -2.19. The van der Waals surface area contributed by atoms with E-state index < -0.39 is 0 Å². The van der Waals surface area contributed by atoms with Crippen molar-refractivity contribution >= 4 is 5.82 Å². The summed E-state index contributed by atoms with van der Waals surface area (Å²) in [7, 11) is 1.97. The predicted octanol–water partition coefficient (Wildman–Crippen LogP) is 2.51. The third-order valence-electron chi connectivity index (χ3n) is 2.25. The molecular formula is C13H15N3. The molecule has 0 amide bonds. The highest BCUT2D eigenvalue weighted by molar-refractivity contribution is 5.44. The fraction of sp³-hybridized carbons (Fsp3) is 0.308. The molecule has 3 nitrogen and oxygen atoms in total. The van der Waals surface area contributed by atoms with Crippen molar-refractivity contribution in [3.05, 3.63) is 42.3 Å². The molecule has 0 aliphatic rings. The lowest BCUT2D eigenvalue weighted by Gasteiger charge is -2.17. The molecule has 0 N–H and O–H groups in total. The summed E-state index contributed by atoms with van der Waals surface area (Å²) in [5.41, 5.74) is 3.39. The number of nitriles is 1. The summed E-state index contributed by atoms with van der Waals surface area (Å²) >= 11 is 0. The molecule has 0 aliphatic carbocycles. The second-order valence-electron chi connectivity index (χ2n) is 3.49. The van der Waals surface area contributed by atoms with Gasteiger partial charge < -0.3 is 4.90 Å². The molecular weight excluding hydrogens is 198 g/mol. The Balaban J connectivity index is 2.55. The van der Waals surface area contributed by atoms with Gasteiger partial charge in [-0.3, -0.25) is 0 Å². The summed E-state index contributed by atoms with van der Waals surface area (Å²) in [5.74, 6) is 0.835. The van der Waals surface area contributed by atoms with Crippen LogP contribution in [0.4, 0.5) is 5.82 Å². The Morgan fingerprint density at radius 1 is 1.62 bits per heavy atom. The van der Waals surface area contributed by atoms with Gasteiger partial charge in [0.25, 0.3) is 0 Å². The fourth-order valence-corrected chi connectivity index (χ4v) is 1.34. The van der Waals surface area contributed by atoms with Crippen molar-refractivity contribution in [3.63, 3.8) is 0 Å². The topological polar surface area (TPSA) is 39.9 Å². The Bertz CT molecular complexity index is 425. The van der Waals surface area contributed by atoms with Gasteiger partial charge in [0.15, 0.2) is 0 Å². The maximum absolute atomic E-state index is 8.77. The maximum Gasteiger partial charge on any atom is 0.129 e. The zero-order valence-corrected chi connectivity index (χ0v) is 9.48. The fourth-order valence-electron chi connectivity index (χ4n) is 1.34. The molecule has 0 fully saturated rings. The molecule has 0 radical (unpaired) electrons. The molecule has 0 aromatic carbocycles. The molecule has 0 saturated heterocycles. The predicted molar refractivity (Wildman–Crippen MR) is 65.2 cm³/mol. The largest absolute Gasteiger partial charge is 0.360 e. The molecule has 0 saturated carbocycles. The molecule has 3 heteroatoms. The normalized spacial score (nSPS) is 9.00. The van der Waals surface area contributed by atoms with Gasteiger partial charge >= 0.3 is 0 Å². The molecule has 1 heterocycles. The number of nitrogens with zero attached hydrogens (tertiary/aromatic N) is 3. The summed E-state index contributed by atoms with van der Waals surface area (Å²) < 4.78 is 0. The van der Waals surface area contributed by atoms with Crippen LogP contribution in [0.5, 0.6) is 0 Å². The van der Waals surface area contributed by atoms with Gasteiger partial charge in [-0.05, 0) is 31.1 Å². The van der Waals surface area contributed by atoms with Gasteiger partial charge in [0.05, 0.1) is 11.6 Å². The van der Waals surface area contributed by atoms with Crippen molar-refractivity contribution in [1.82, 2.24) is 4.98 Å². The van der Waals surface area contributed by atoms with Crippen LogP contribution in [0.25, 0.3) is 0 Å². The first kappa shape index (κ1) is 12.0. The van der Waals surface area contributed by atoms with Crippen LogP contribution in [0.15, 0.2) is 36.7 Å². The number of anilines is 1. The van der Waals surface area contributed by atoms with Crippen LogP contribution in [0.3, 0.4) is 0 Å². The zero-order valence-electron chi connectivity index (χ0n) is 9.48. The van der Waals surface area contributed by atoms with E-state index in [1.165, 1.54) is 0 Å². The molecule has 1 rings (SSSR count). The van der Waals surface area contributed by atoms with E-state index in [2.05, 4.69) is 23.4 Å². The monoisotopic (exact) mass is 213 g/mol. The number of allylic oxidation sites excluding steroid dienone is 1. The van der Waals surface area contributed by atoms with Gasteiger partial charge in [0.1, 0.15) is 5.82 Å². The first-order chi connectivity index (χ1) is 7.77. The lowest BCUT2D eigenvalue weighted by atomic mass is 10.2. The van der Waals surface area contributed by atoms with Crippen LogP contribution in [0.1, 0.15) is 18.4 Å². The Labute approximate surface area is 96.3 Å². The van der Waals surface area contributed by atoms with E-state index >= 15 is 0 Å². The highest BCUT2D eigenvalue weighted by atomic mass is 15.2. The van der Waals surface area contributed by atoms with E-state index in [4.69, 9.17) is 5.26 Å². The minimum atomic E-state index is 0.642. The minimum absolute atomic E-state index is 0.642. The molecule has 0 unspecified atom stereocenters. The minimum Gasteiger partial charge on any atom is -0.360 e. The Hall–Kier alpha value is -2.04. The molecule has 0 aliphatic heterocycles. The van der Waals surface area contributed by atoms with Crippen molar-refractivity contribution in [2.75, 3.05) is 18.5 Å². The van der Waals surface area contributed by atoms with Gasteiger partial charge in [0.2, 0.25) is 0 Å². The van der Waals surface area contributed by atoms with E-state index in [0.717, 1.165) is 25.2 Å². The number of rotatable bonds is 5. The number of unbranched alkanes of at least 4 members (excludes halogenated alkanes) is 1. The standard InChI is InChI=1S/C13H15N3/c1-3-4-5-6-9-16(2)13-10-12(11-14)7-8-15-13/h4,7-8,10H,1,5-6,9H2,2H3. The first-order valence-corrected chi connectivity index (χ1v) is 5.19. The molecule has 0 bridgehead atoms. The zero-order chi connectivity index (χ0) is 11.8. The van der Waals surface area contributed by atoms with Gasteiger partial charge in [-0.25, -0.2) is 4.98 Å². The lowest BCUT2D eigenvalue weighted by molar-refractivity contribution is 0.792. The number of hydrogen-bond donors (Lipinski definition) is 0. The SMILES string of the molecule is C=C=CCCCN(C)c1cc(C#N)ccn1. The van der Waals surface area contributed by atoms with Crippen LogP contribution in [0, 0.1) is 11.3 Å². The summed E-state index contributed by atoms with van der Waals surface area (Å²) in [6.45, 7) is 4.42. The van der Waals surface area contributed by atoms with Crippen molar-refractivity contribution in [2.24, 2.45) is 0 Å². The number of aromatic nitrogens is 1. The van der Waals surface area contributed by atoms with E-state index in [0.29, 0.717) is 5.56 Å². The molecule has 0 spiro atoms. The number of pyridine rings is 1. The molecule has 16 heavy (non-hydrogen) atoms. The Morgan fingerprint density at radius 3 is 3.12 bits per heavy atom. The van der Waals surface area contributed by atoms with Gasteiger partial charge in [0, 0.05) is 19.8 Å². The summed E-state index contributed by atoms with van der Waals surface area (Å²) in [6.07, 6.45) is 5.57. The molecule has 1 aromatic heterocycles. The second kappa shape index (κ2) is 6.44. The van der Waals surface area contributed by atoms with Crippen LogP contribution < -0.4 is 4.90 Å². The molecule has 0 atom stereocenters. The van der Waals surface area contributed by atoms with Crippen LogP contribution in [-0.2, 0) is 0 Å². The molecule has 82 valence electrons. The van der Waals surface area contributed by atoms with Gasteiger partial charge in [-0.15, -0.1) is 5.73 Å². The Kier molecular flexibility index (Phi) is 4.85. The third-order valence-corrected chi connectivity index (χ3v) is 2.25. The first-order valence-electron chi connectivity index (χ1n) is 5.19. The van der Waals surface area contributed by atoms with Crippen molar-refractivity contribution in [1.29, 1.82) is 5.26 Å². The van der Waals surface area contributed by atoms with Crippen LogP contribution in [0.2, 0.25) is 0 Å². The second-order valence-corrected chi connectivity index (χ2v) is 3.49.